The van der Waals surface area contributed by atoms with Gasteiger partial charge in [-0.1, -0.05) is 12.2 Å². The number of ether oxygens (including phenoxy) is 1. The van der Waals surface area contributed by atoms with Crippen LogP contribution in [0.1, 0.15) is 19.3 Å². The molecule has 1 rings (SSSR count). The smallest absolute Gasteiger partial charge is 0.153 e. The Kier molecular flexibility index (Phi) is 3.66. The number of allylic oxidation sites excluding steroid dienone is 1. The van der Waals surface area contributed by atoms with Crippen LogP contribution in [-0.2, 0) is 9.53 Å². The van der Waals surface area contributed by atoms with Gasteiger partial charge in [0.25, 0.3) is 0 Å². The molecule has 2 atom stereocenters. The normalized spacial score (nSPS) is 26.8. The molecule has 0 saturated heterocycles. The van der Waals surface area contributed by atoms with Crippen molar-refractivity contribution < 1.29 is 9.53 Å². The average Bonchev–Trinajstić information content (AvgIpc) is 2.18. The summed E-state index contributed by atoms with van der Waals surface area (Å²) in [7, 11) is 1.66. The molecule has 0 amide bonds. The molecule has 2 unspecified atom stereocenters. The maximum Gasteiger partial charge on any atom is 0.153 e. The molecule has 0 saturated carbocycles. The molecule has 0 fully saturated rings. The zero-order chi connectivity index (χ0) is 9.68. The van der Waals surface area contributed by atoms with Gasteiger partial charge in [0.2, 0.25) is 0 Å². The summed E-state index contributed by atoms with van der Waals surface area (Å²) in [5.74, 6) is -0.0423. The molecule has 0 heterocycles. The van der Waals surface area contributed by atoms with E-state index in [1.54, 1.807) is 7.11 Å². The maximum absolute atomic E-state index is 11.3. The zero-order valence-electron chi connectivity index (χ0n) is 7.69. The Morgan fingerprint density at radius 3 is 2.85 bits per heavy atom. The average molecular weight is 179 g/mol. The lowest BCUT2D eigenvalue weighted by atomic mass is 9.90. The summed E-state index contributed by atoms with van der Waals surface area (Å²) >= 11 is 0. The fourth-order valence-corrected chi connectivity index (χ4v) is 1.47. The highest BCUT2D eigenvalue weighted by atomic mass is 16.5. The number of carbonyl (C=O) groups excluding carboxylic acids is 1. The van der Waals surface area contributed by atoms with Crippen LogP contribution in [0, 0.1) is 17.2 Å². The minimum atomic E-state index is -0.0638. The van der Waals surface area contributed by atoms with Crippen LogP contribution in [0.2, 0.25) is 0 Å². The van der Waals surface area contributed by atoms with Crippen LogP contribution >= 0.6 is 0 Å². The molecule has 13 heavy (non-hydrogen) atoms. The predicted molar refractivity (Wildman–Crippen MR) is 47.9 cm³/mol. The molecule has 1 aliphatic rings. The lowest BCUT2D eigenvalue weighted by Gasteiger charge is -2.19. The Morgan fingerprint density at radius 2 is 2.38 bits per heavy atom. The fourth-order valence-electron chi connectivity index (χ4n) is 1.47. The lowest BCUT2D eigenvalue weighted by Crippen LogP contribution is -2.20. The number of Topliss-reactive ketones (excluding diaryl/α,β-unsaturated/α-hetero) is 1. The molecule has 3 nitrogen and oxygen atoms in total. The topological polar surface area (TPSA) is 50.1 Å². The number of nitrogens with zero attached hydrogens (tertiary/aromatic N) is 1. The molecule has 0 aliphatic heterocycles. The van der Waals surface area contributed by atoms with Crippen LogP contribution in [0.3, 0.4) is 0 Å². The van der Waals surface area contributed by atoms with Crippen LogP contribution in [0.4, 0.5) is 0 Å². The van der Waals surface area contributed by atoms with Gasteiger partial charge in [-0.2, -0.15) is 5.26 Å². The number of methoxy groups -OCH3 is 1. The van der Waals surface area contributed by atoms with E-state index in [1.807, 2.05) is 18.2 Å². The second kappa shape index (κ2) is 4.78. The standard InChI is InChI=1S/C10H13NO2/c1-13-9-4-2-8(3-5-9)10(12)6-7-11/h2,4,8-9H,3,5-6H2,1H3. The Hall–Kier alpha value is -1.14. The van der Waals surface area contributed by atoms with Crippen molar-refractivity contribution in [2.45, 2.75) is 25.4 Å². The number of hydrogen-bond acceptors (Lipinski definition) is 3. The molecular weight excluding hydrogens is 166 g/mol. The van der Waals surface area contributed by atoms with Gasteiger partial charge in [0.15, 0.2) is 5.78 Å². The summed E-state index contributed by atoms with van der Waals surface area (Å²) in [6, 6.07) is 1.88. The van der Waals surface area contributed by atoms with Gasteiger partial charge in [-0.25, -0.2) is 0 Å². The van der Waals surface area contributed by atoms with Crippen molar-refractivity contribution in [2.75, 3.05) is 7.11 Å². The van der Waals surface area contributed by atoms with E-state index >= 15 is 0 Å². The second-order valence-electron chi connectivity index (χ2n) is 3.14. The van der Waals surface area contributed by atoms with Crippen LogP contribution in [0.15, 0.2) is 12.2 Å². The molecule has 0 bridgehead atoms. The van der Waals surface area contributed by atoms with Gasteiger partial charge in [0, 0.05) is 13.0 Å². The van der Waals surface area contributed by atoms with Crippen LogP contribution in [0.5, 0.6) is 0 Å². The summed E-state index contributed by atoms with van der Waals surface area (Å²) in [5, 5.41) is 8.35. The second-order valence-corrected chi connectivity index (χ2v) is 3.14. The Morgan fingerprint density at radius 1 is 1.62 bits per heavy atom. The molecule has 0 aromatic heterocycles. The van der Waals surface area contributed by atoms with Crippen molar-refractivity contribution in [1.82, 2.24) is 0 Å². The van der Waals surface area contributed by atoms with Crippen molar-refractivity contribution in [2.24, 2.45) is 5.92 Å². The SMILES string of the molecule is COC1C=CC(C(=O)CC#N)CC1. The van der Waals surface area contributed by atoms with Crippen molar-refractivity contribution in [1.29, 1.82) is 5.26 Å². The quantitative estimate of drug-likeness (QED) is 0.616. The van der Waals surface area contributed by atoms with Crippen molar-refractivity contribution >= 4 is 5.78 Å². The summed E-state index contributed by atoms with van der Waals surface area (Å²) in [5.41, 5.74) is 0. The third-order valence-corrected chi connectivity index (χ3v) is 2.29. The number of carbonyl (C=O) groups is 1. The largest absolute Gasteiger partial charge is 0.377 e. The molecule has 0 aromatic carbocycles. The highest BCUT2D eigenvalue weighted by Crippen LogP contribution is 2.20. The molecule has 1 aliphatic carbocycles. The van der Waals surface area contributed by atoms with E-state index < -0.39 is 0 Å². The summed E-state index contributed by atoms with van der Waals surface area (Å²) in [4.78, 5) is 11.3. The van der Waals surface area contributed by atoms with E-state index in [-0.39, 0.29) is 24.2 Å². The number of nitriles is 1. The van der Waals surface area contributed by atoms with Gasteiger partial charge in [-0.3, -0.25) is 4.79 Å². The Bertz CT molecular complexity index is 252. The fraction of sp³-hybridized carbons (Fsp3) is 0.600. The first-order chi connectivity index (χ1) is 6.27. The highest BCUT2D eigenvalue weighted by Gasteiger charge is 2.20. The third kappa shape index (κ3) is 2.67. The zero-order valence-corrected chi connectivity index (χ0v) is 7.69. The molecular formula is C10H13NO2. The first-order valence-corrected chi connectivity index (χ1v) is 4.38. The molecule has 0 radical (unpaired) electrons. The number of rotatable bonds is 3. The van der Waals surface area contributed by atoms with E-state index in [0.717, 1.165) is 12.8 Å². The van der Waals surface area contributed by atoms with Crippen LogP contribution in [-0.4, -0.2) is 19.0 Å². The maximum atomic E-state index is 11.3. The summed E-state index contributed by atoms with van der Waals surface area (Å²) in [6.45, 7) is 0. The van der Waals surface area contributed by atoms with E-state index in [4.69, 9.17) is 10.00 Å². The van der Waals surface area contributed by atoms with Gasteiger partial charge >= 0.3 is 0 Å². The molecule has 0 N–H and O–H groups in total. The van der Waals surface area contributed by atoms with E-state index in [9.17, 15) is 4.79 Å². The Balaban J connectivity index is 2.48. The summed E-state index contributed by atoms with van der Waals surface area (Å²) in [6.07, 6.45) is 5.60. The first kappa shape index (κ1) is 9.94. The van der Waals surface area contributed by atoms with Gasteiger partial charge in [-0.15, -0.1) is 0 Å². The predicted octanol–water partition coefficient (Wildman–Crippen LogP) is 1.45. The van der Waals surface area contributed by atoms with Gasteiger partial charge < -0.3 is 4.74 Å². The Labute approximate surface area is 78.0 Å². The minimum absolute atomic E-state index is 0.0205. The van der Waals surface area contributed by atoms with Crippen molar-refractivity contribution in [3.8, 4) is 6.07 Å². The van der Waals surface area contributed by atoms with E-state index in [1.165, 1.54) is 0 Å². The number of hydrogen-bond donors (Lipinski definition) is 0. The third-order valence-electron chi connectivity index (χ3n) is 2.29. The lowest BCUT2D eigenvalue weighted by molar-refractivity contribution is -0.121. The van der Waals surface area contributed by atoms with E-state index in [0.29, 0.717) is 0 Å². The molecule has 70 valence electrons. The monoisotopic (exact) mass is 179 g/mol. The first-order valence-electron chi connectivity index (χ1n) is 4.38. The molecule has 3 heteroatoms. The van der Waals surface area contributed by atoms with E-state index in [2.05, 4.69) is 0 Å². The van der Waals surface area contributed by atoms with Gasteiger partial charge in [0.05, 0.1) is 18.6 Å². The minimum Gasteiger partial charge on any atom is -0.377 e. The van der Waals surface area contributed by atoms with Crippen molar-refractivity contribution in [3.05, 3.63) is 12.2 Å². The van der Waals surface area contributed by atoms with Crippen LogP contribution < -0.4 is 0 Å². The molecule has 0 aromatic rings. The molecule has 0 spiro atoms. The highest BCUT2D eigenvalue weighted by molar-refractivity contribution is 5.84. The number of ketones is 1. The summed E-state index contributed by atoms with van der Waals surface area (Å²) < 4.78 is 5.12. The van der Waals surface area contributed by atoms with Crippen LogP contribution in [0.25, 0.3) is 0 Å². The van der Waals surface area contributed by atoms with Gasteiger partial charge in [0.1, 0.15) is 0 Å². The van der Waals surface area contributed by atoms with Gasteiger partial charge in [-0.05, 0) is 12.8 Å². The van der Waals surface area contributed by atoms with Crippen molar-refractivity contribution in [3.63, 3.8) is 0 Å².